The fourth-order valence-corrected chi connectivity index (χ4v) is 1.54. The first-order valence-corrected chi connectivity index (χ1v) is 5.18. The van der Waals surface area contributed by atoms with Gasteiger partial charge in [-0.2, -0.15) is 0 Å². The van der Waals surface area contributed by atoms with Crippen LogP contribution < -0.4 is 5.32 Å². The van der Waals surface area contributed by atoms with Crippen LogP contribution in [0.3, 0.4) is 0 Å². The van der Waals surface area contributed by atoms with Crippen LogP contribution in [-0.4, -0.2) is 16.1 Å². The second kappa shape index (κ2) is 4.65. The molecule has 0 saturated carbocycles. The summed E-state index contributed by atoms with van der Waals surface area (Å²) in [5.41, 5.74) is 2.59. The number of carboxylic acid groups (broad SMARTS) is 1. The molecule has 2 aromatic rings. The smallest absolute Gasteiger partial charge is 0.337 e. The zero-order chi connectivity index (χ0) is 12.3. The highest BCUT2D eigenvalue weighted by Crippen LogP contribution is 2.21. The lowest BCUT2D eigenvalue weighted by atomic mass is 10.1. The molecule has 0 aliphatic carbocycles. The Balaban J connectivity index is 2.37. The maximum absolute atomic E-state index is 11.1. The van der Waals surface area contributed by atoms with Gasteiger partial charge in [0, 0.05) is 6.20 Å². The van der Waals surface area contributed by atoms with E-state index in [2.05, 4.69) is 10.3 Å². The van der Waals surface area contributed by atoms with Crippen LogP contribution in [0, 0.1) is 6.92 Å². The average molecular weight is 228 g/mol. The van der Waals surface area contributed by atoms with Crippen molar-refractivity contribution in [2.24, 2.45) is 0 Å². The summed E-state index contributed by atoms with van der Waals surface area (Å²) in [6.45, 7) is 1.92. The van der Waals surface area contributed by atoms with E-state index >= 15 is 0 Å². The Bertz CT molecular complexity index is 538. The summed E-state index contributed by atoms with van der Waals surface area (Å²) in [6, 6.07) is 8.80. The molecule has 4 nitrogen and oxygen atoms in total. The Morgan fingerprint density at radius 2 is 2.18 bits per heavy atom. The quantitative estimate of drug-likeness (QED) is 0.847. The number of nitrogens with zero attached hydrogens (tertiary/aromatic N) is 1. The minimum Gasteiger partial charge on any atom is -0.478 e. The third kappa shape index (κ3) is 2.60. The van der Waals surface area contributed by atoms with Gasteiger partial charge in [0.2, 0.25) is 0 Å². The maximum Gasteiger partial charge on any atom is 0.337 e. The molecular formula is C13H12N2O2. The lowest BCUT2D eigenvalue weighted by molar-refractivity contribution is 0.0698. The van der Waals surface area contributed by atoms with E-state index in [9.17, 15) is 4.79 Å². The molecule has 4 heteroatoms. The summed E-state index contributed by atoms with van der Waals surface area (Å²) in [7, 11) is 0. The van der Waals surface area contributed by atoms with Crippen LogP contribution in [-0.2, 0) is 0 Å². The van der Waals surface area contributed by atoms with Gasteiger partial charge in [-0.25, -0.2) is 4.79 Å². The van der Waals surface area contributed by atoms with E-state index in [1.165, 1.54) is 0 Å². The van der Waals surface area contributed by atoms with Crippen molar-refractivity contribution in [3.05, 3.63) is 53.9 Å². The van der Waals surface area contributed by atoms with Crippen LogP contribution >= 0.6 is 0 Å². The second-order valence-corrected chi connectivity index (χ2v) is 3.72. The van der Waals surface area contributed by atoms with Gasteiger partial charge in [-0.1, -0.05) is 6.07 Å². The van der Waals surface area contributed by atoms with Gasteiger partial charge < -0.3 is 10.4 Å². The molecule has 17 heavy (non-hydrogen) atoms. The van der Waals surface area contributed by atoms with Crippen LogP contribution in [0.4, 0.5) is 11.4 Å². The van der Waals surface area contributed by atoms with Gasteiger partial charge in [0.05, 0.1) is 23.1 Å². The average Bonchev–Trinajstić information content (AvgIpc) is 2.30. The lowest BCUT2D eigenvalue weighted by Crippen LogP contribution is -2.03. The standard InChI is InChI=1S/C13H12N2O2/c1-9-4-5-11(13(16)17)12(7-9)15-10-3-2-6-14-8-10/h2-8,15H,1H3,(H,16,17). The van der Waals surface area contributed by atoms with Crippen molar-refractivity contribution in [3.63, 3.8) is 0 Å². The monoisotopic (exact) mass is 228 g/mol. The maximum atomic E-state index is 11.1. The molecule has 0 atom stereocenters. The Morgan fingerprint density at radius 3 is 2.82 bits per heavy atom. The summed E-state index contributed by atoms with van der Waals surface area (Å²) in [5, 5.41) is 12.1. The molecule has 0 radical (unpaired) electrons. The Kier molecular flexibility index (Phi) is 3.05. The minimum absolute atomic E-state index is 0.249. The topological polar surface area (TPSA) is 62.2 Å². The van der Waals surface area contributed by atoms with Crippen molar-refractivity contribution in [3.8, 4) is 0 Å². The van der Waals surface area contributed by atoms with Gasteiger partial charge in [-0.05, 0) is 36.8 Å². The van der Waals surface area contributed by atoms with Crippen molar-refractivity contribution in [2.75, 3.05) is 5.32 Å². The molecule has 1 aromatic carbocycles. The number of carbonyl (C=O) groups is 1. The van der Waals surface area contributed by atoms with E-state index < -0.39 is 5.97 Å². The first-order valence-electron chi connectivity index (χ1n) is 5.18. The van der Waals surface area contributed by atoms with Crippen molar-refractivity contribution in [2.45, 2.75) is 6.92 Å². The first kappa shape index (κ1) is 11.1. The third-order valence-corrected chi connectivity index (χ3v) is 2.35. The number of aryl methyl sites for hydroxylation is 1. The molecule has 0 aliphatic rings. The predicted octanol–water partition coefficient (Wildman–Crippen LogP) is 2.83. The Morgan fingerprint density at radius 1 is 1.35 bits per heavy atom. The summed E-state index contributed by atoms with van der Waals surface area (Å²) in [6.07, 6.45) is 3.31. The number of pyridine rings is 1. The normalized spacial score (nSPS) is 9.94. The number of rotatable bonds is 3. The molecule has 1 aromatic heterocycles. The highest BCUT2D eigenvalue weighted by Gasteiger charge is 2.09. The van der Waals surface area contributed by atoms with Crippen LogP contribution in [0.25, 0.3) is 0 Å². The summed E-state index contributed by atoms with van der Waals surface area (Å²) >= 11 is 0. The summed E-state index contributed by atoms with van der Waals surface area (Å²) < 4.78 is 0. The van der Waals surface area contributed by atoms with Crippen molar-refractivity contribution in [1.29, 1.82) is 0 Å². The molecule has 0 bridgehead atoms. The fraction of sp³-hybridized carbons (Fsp3) is 0.0769. The molecule has 0 unspecified atom stereocenters. The molecule has 0 spiro atoms. The number of carboxylic acids is 1. The largest absolute Gasteiger partial charge is 0.478 e. The van der Waals surface area contributed by atoms with Gasteiger partial charge in [0.25, 0.3) is 0 Å². The van der Waals surface area contributed by atoms with Crippen molar-refractivity contribution >= 4 is 17.3 Å². The van der Waals surface area contributed by atoms with Gasteiger partial charge in [0.1, 0.15) is 0 Å². The number of hydrogen-bond acceptors (Lipinski definition) is 3. The van der Waals surface area contributed by atoms with Crippen LogP contribution in [0.2, 0.25) is 0 Å². The van der Waals surface area contributed by atoms with E-state index in [1.54, 1.807) is 36.7 Å². The predicted molar refractivity (Wildman–Crippen MR) is 65.7 cm³/mol. The van der Waals surface area contributed by atoms with E-state index in [0.717, 1.165) is 11.3 Å². The summed E-state index contributed by atoms with van der Waals surface area (Å²) in [5.74, 6) is -0.948. The highest BCUT2D eigenvalue weighted by atomic mass is 16.4. The molecule has 0 aliphatic heterocycles. The molecular weight excluding hydrogens is 216 g/mol. The van der Waals surface area contributed by atoms with Gasteiger partial charge in [-0.15, -0.1) is 0 Å². The lowest BCUT2D eigenvalue weighted by Gasteiger charge is -2.09. The van der Waals surface area contributed by atoms with E-state index in [-0.39, 0.29) is 5.56 Å². The van der Waals surface area contributed by atoms with Crippen LogP contribution in [0.5, 0.6) is 0 Å². The molecule has 0 fully saturated rings. The Hall–Kier alpha value is -2.36. The first-order chi connectivity index (χ1) is 8.16. The number of anilines is 2. The van der Waals surface area contributed by atoms with Crippen LogP contribution in [0.1, 0.15) is 15.9 Å². The number of nitrogens with one attached hydrogen (secondary N) is 1. The number of hydrogen-bond donors (Lipinski definition) is 2. The zero-order valence-electron chi connectivity index (χ0n) is 9.34. The molecule has 2 N–H and O–H groups in total. The van der Waals surface area contributed by atoms with Gasteiger partial charge in [-0.3, -0.25) is 4.98 Å². The highest BCUT2D eigenvalue weighted by molar-refractivity contribution is 5.95. The van der Waals surface area contributed by atoms with Crippen LogP contribution in [0.15, 0.2) is 42.7 Å². The SMILES string of the molecule is Cc1ccc(C(=O)O)c(Nc2cccnc2)c1. The minimum atomic E-state index is -0.948. The van der Waals surface area contributed by atoms with E-state index in [1.807, 2.05) is 13.0 Å². The second-order valence-electron chi connectivity index (χ2n) is 3.72. The fourth-order valence-electron chi connectivity index (χ4n) is 1.54. The summed E-state index contributed by atoms with van der Waals surface area (Å²) in [4.78, 5) is 15.0. The third-order valence-electron chi connectivity index (χ3n) is 2.35. The van der Waals surface area contributed by atoms with Gasteiger partial charge >= 0.3 is 5.97 Å². The molecule has 0 amide bonds. The van der Waals surface area contributed by atoms with Crippen molar-refractivity contribution in [1.82, 2.24) is 4.98 Å². The number of benzene rings is 1. The van der Waals surface area contributed by atoms with Crippen molar-refractivity contribution < 1.29 is 9.90 Å². The van der Waals surface area contributed by atoms with E-state index in [0.29, 0.717) is 5.69 Å². The molecule has 86 valence electrons. The molecule has 2 rings (SSSR count). The number of aromatic carboxylic acids is 1. The Labute approximate surface area is 98.9 Å². The van der Waals surface area contributed by atoms with E-state index in [4.69, 9.17) is 5.11 Å². The van der Waals surface area contributed by atoms with Gasteiger partial charge in [0.15, 0.2) is 0 Å². The number of aromatic nitrogens is 1. The molecule has 0 saturated heterocycles. The molecule has 1 heterocycles. The zero-order valence-corrected chi connectivity index (χ0v) is 9.34.